The lowest BCUT2D eigenvalue weighted by Gasteiger charge is -2.35. The minimum absolute atomic E-state index is 0.254. The fourth-order valence-corrected chi connectivity index (χ4v) is 1.77. The second kappa shape index (κ2) is 5.82. The normalized spacial score (nSPS) is 15.9. The molecule has 0 heterocycles. The van der Waals surface area contributed by atoms with Gasteiger partial charge in [0.15, 0.2) is 8.32 Å². The van der Waals surface area contributed by atoms with Gasteiger partial charge in [0.2, 0.25) is 0 Å². The average molecular weight is 230 g/mol. The third kappa shape index (κ3) is 5.49. The smallest absolute Gasteiger partial charge is 0.192 e. The first-order valence-corrected chi connectivity index (χ1v) is 8.60. The zero-order valence-electron chi connectivity index (χ0n) is 11.0. The molecular weight excluding hydrogens is 204 g/mol. The fraction of sp³-hybridized carbons (Fsp3) is 0.833. The van der Waals surface area contributed by atoms with Gasteiger partial charge in [0.25, 0.3) is 0 Å². The summed E-state index contributed by atoms with van der Waals surface area (Å²) in [6.45, 7) is 13.7. The van der Waals surface area contributed by atoms with E-state index < -0.39 is 8.32 Å². The Morgan fingerprint density at radius 2 is 1.87 bits per heavy atom. The van der Waals surface area contributed by atoms with Gasteiger partial charge < -0.3 is 9.53 Å². The third-order valence-corrected chi connectivity index (χ3v) is 7.62. The van der Waals surface area contributed by atoms with E-state index in [1.807, 2.05) is 19.1 Å². The Balaban J connectivity index is 4.01. The van der Waals surface area contributed by atoms with Crippen molar-refractivity contribution in [2.45, 2.75) is 58.4 Å². The van der Waals surface area contributed by atoms with E-state index in [0.29, 0.717) is 6.61 Å². The van der Waals surface area contributed by atoms with Gasteiger partial charge in [-0.1, -0.05) is 39.8 Å². The van der Waals surface area contributed by atoms with E-state index in [9.17, 15) is 5.11 Å². The Morgan fingerprint density at radius 1 is 1.33 bits per heavy atom. The molecule has 0 aliphatic carbocycles. The molecule has 0 spiro atoms. The standard InChI is InChI=1S/C12H26O2Si/c1-7-11(13)9-8-10-14-15(5,6)12(2,3)4/h8-9,11,13H,7,10H2,1-6H3/b9-8+/t11-/m1/s1. The second-order valence-electron chi connectivity index (χ2n) is 5.48. The van der Waals surface area contributed by atoms with Gasteiger partial charge in [-0.2, -0.15) is 0 Å². The molecule has 0 aromatic heterocycles. The van der Waals surface area contributed by atoms with Crippen LogP contribution in [0.4, 0.5) is 0 Å². The van der Waals surface area contributed by atoms with Crippen molar-refractivity contribution in [3.05, 3.63) is 12.2 Å². The van der Waals surface area contributed by atoms with E-state index in [4.69, 9.17) is 4.43 Å². The van der Waals surface area contributed by atoms with Crippen LogP contribution in [0, 0.1) is 0 Å². The molecule has 2 nitrogen and oxygen atoms in total. The molecule has 1 N–H and O–H groups in total. The number of aliphatic hydroxyl groups is 1. The van der Waals surface area contributed by atoms with Crippen LogP contribution < -0.4 is 0 Å². The Bertz CT molecular complexity index is 204. The minimum Gasteiger partial charge on any atom is -0.413 e. The lowest BCUT2D eigenvalue weighted by atomic mass is 10.2. The molecule has 0 amide bonds. The Morgan fingerprint density at radius 3 is 2.27 bits per heavy atom. The SMILES string of the molecule is CC[C@@H](O)/C=C/CO[Si](C)(C)C(C)(C)C. The molecule has 0 aromatic rings. The second-order valence-corrected chi connectivity index (χ2v) is 10.3. The minimum atomic E-state index is -1.62. The summed E-state index contributed by atoms with van der Waals surface area (Å²) in [6.07, 6.45) is 4.17. The van der Waals surface area contributed by atoms with E-state index >= 15 is 0 Å². The summed E-state index contributed by atoms with van der Waals surface area (Å²) in [7, 11) is -1.62. The Kier molecular flexibility index (Phi) is 5.78. The summed E-state index contributed by atoms with van der Waals surface area (Å²) < 4.78 is 5.93. The summed E-state index contributed by atoms with van der Waals surface area (Å²) in [5, 5.41) is 9.57. The average Bonchev–Trinajstić information content (AvgIpc) is 2.10. The highest BCUT2D eigenvalue weighted by Crippen LogP contribution is 2.36. The van der Waals surface area contributed by atoms with Crippen molar-refractivity contribution >= 4 is 8.32 Å². The van der Waals surface area contributed by atoms with E-state index in [1.165, 1.54) is 0 Å². The van der Waals surface area contributed by atoms with Gasteiger partial charge >= 0.3 is 0 Å². The molecule has 0 saturated heterocycles. The first-order chi connectivity index (χ1) is 6.70. The molecule has 0 radical (unpaired) electrons. The van der Waals surface area contributed by atoms with Crippen LogP contribution in [0.25, 0.3) is 0 Å². The van der Waals surface area contributed by atoms with Crippen LogP contribution in [-0.2, 0) is 4.43 Å². The molecule has 0 unspecified atom stereocenters. The van der Waals surface area contributed by atoms with E-state index in [1.54, 1.807) is 0 Å². The highest BCUT2D eigenvalue weighted by molar-refractivity contribution is 6.74. The van der Waals surface area contributed by atoms with Crippen LogP contribution in [-0.4, -0.2) is 26.1 Å². The zero-order chi connectivity index (χ0) is 12.1. The molecule has 1 atom stereocenters. The molecule has 0 aliphatic rings. The van der Waals surface area contributed by atoms with Crippen LogP contribution >= 0.6 is 0 Å². The summed E-state index contributed by atoms with van der Waals surface area (Å²) in [6, 6.07) is 0. The lowest BCUT2D eigenvalue weighted by molar-refractivity contribution is 0.217. The van der Waals surface area contributed by atoms with Crippen LogP contribution in [0.1, 0.15) is 34.1 Å². The van der Waals surface area contributed by atoms with Gasteiger partial charge in [0, 0.05) is 0 Å². The number of hydrogen-bond donors (Lipinski definition) is 1. The summed E-state index contributed by atoms with van der Waals surface area (Å²) in [4.78, 5) is 0. The van der Waals surface area contributed by atoms with Gasteiger partial charge in [0.1, 0.15) is 0 Å². The molecule has 0 saturated carbocycles. The summed E-state index contributed by atoms with van der Waals surface area (Å²) >= 11 is 0. The molecule has 0 bridgehead atoms. The van der Waals surface area contributed by atoms with Gasteiger partial charge in [-0.25, -0.2) is 0 Å². The molecule has 0 rings (SSSR count). The van der Waals surface area contributed by atoms with E-state index in [0.717, 1.165) is 6.42 Å². The molecule has 0 fully saturated rings. The highest BCUT2D eigenvalue weighted by atomic mass is 28.4. The third-order valence-electron chi connectivity index (χ3n) is 3.12. The molecule has 3 heteroatoms. The maximum absolute atomic E-state index is 9.32. The number of hydrogen-bond acceptors (Lipinski definition) is 2. The van der Waals surface area contributed by atoms with Gasteiger partial charge in [-0.15, -0.1) is 0 Å². The van der Waals surface area contributed by atoms with Crippen molar-refractivity contribution in [2.75, 3.05) is 6.61 Å². The zero-order valence-corrected chi connectivity index (χ0v) is 12.0. The predicted octanol–water partition coefficient (Wildman–Crippen LogP) is 3.34. The number of rotatable bonds is 5. The van der Waals surface area contributed by atoms with Gasteiger partial charge in [0.05, 0.1) is 12.7 Å². The molecule has 0 aromatic carbocycles. The van der Waals surface area contributed by atoms with Crippen LogP contribution in [0.2, 0.25) is 18.1 Å². The van der Waals surface area contributed by atoms with Gasteiger partial charge in [-0.3, -0.25) is 0 Å². The fourth-order valence-electron chi connectivity index (χ4n) is 0.822. The number of aliphatic hydroxyl groups excluding tert-OH is 1. The Labute approximate surface area is 95.5 Å². The first-order valence-electron chi connectivity index (χ1n) is 5.69. The molecule has 15 heavy (non-hydrogen) atoms. The van der Waals surface area contributed by atoms with Gasteiger partial charge in [-0.05, 0) is 24.6 Å². The highest BCUT2D eigenvalue weighted by Gasteiger charge is 2.36. The van der Waals surface area contributed by atoms with Crippen LogP contribution in [0.15, 0.2) is 12.2 Å². The van der Waals surface area contributed by atoms with Crippen LogP contribution in [0.3, 0.4) is 0 Å². The lowest BCUT2D eigenvalue weighted by Crippen LogP contribution is -2.40. The van der Waals surface area contributed by atoms with Crippen molar-refractivity contribution < 1.29 is 9.53 Å². The van der Waals surface area contributed by atoms with Crippen molar-refractivity contribution in [3.8, 4) is 0 Å². The molecule has 90 valence electrons. The van der Waals surface area contributed by atoms with E-state index in [-0.39, 0.29) is 11.1 Å². The van der Waals surface area contributed by atoms with E-state index in [2.05, 4.69) is 33.9 Å². The largest absolute Gasteiger partial charge is 0.413 e. The first kappa shape index (κ1) is 14.9. The maximum Gasteiger partial charge on any atom is 0.192 e. The quantitative estimate of drug-likeness (QED) is 0.580. The monoisotopic (exact) mass is 230 g/mol. The van der Waals surface area contributed by atoms with Crippen molar-refractivity contribution in [1.82, 2.24) is 0 Å². The topological polar surface area (TPSA) is 29.5 Å². The summed E-state index contributed by atoms with van der Waals surface area (Å²) in [5.74, 6) is 0. The predicted molar refractivity (Wildman–Crippen MR) is 68.6 cm³/mol. The Hall–Kier alpha value is -0.123. The van der Waals surface area contributed by atoms with Crippen LogP contribution in [0.5, 0.6) is 0 Å². The van der Waals surface area contributed by atoms with Crippen molar-refractivity contribution in [3.63, 3.8) is 0 Å². The molecular formula is C12H26O2Si. The van der Waals surface area contributed by atoms with Crippen molar-refractivity contribution in [2.24, 2.45) is 0 Å². The van der Waals surface area contributed by atoms with Crippen molar-refractivity contribution in [1.29, 1.82) is 0 Å². The maximum atomic E-state index is 9.32. The summed E-state index contributed by atoms with van der Waals surface area (Å²) in [5.41, 5.74) is 0. The molecule has 0 aliphatic heterocycles.